The second-order valence-corrected chi connectivity index (χ2v) is 9.58. The second kappa shape index (κ2) is 8.26. The number of dihydropyridines is 1. The van der Waals surface area contributed by atoms with Gasteiger partial charge in [0, 0.05) is 60.9 Å². The van der Waals surface area contributed by atoms with Crippen LogP contribution in [0.5, 0.6) is 0 Å². The van der Waals surface area contributed by atoms with E-state index in [1.165, 1.54) is 0 Å². The molecule has 166 valence electrons. The maximum Gasteiger partial charge on any atom is 0.255 e. The number of ketones is 1. The summed E-state index contributed by atoms with van der Waals surface area (Å²) in [6.07, 6.45) is 2.88. The molecule has 2 aliphatic rings. The van der Waals surface area contributed by atoms with Gasteiger partial charge in [0.25, 0.3) is 5.91 Å². The number of carbonyl (C=O) groups excluding carboxylic acids is 2. The Bertz CT molecular complexity index is 1110. The smallest absolute Gasteiger partial charge is 0.255 e. The Hall–Kier alpha value is -3.41. The van der Waals surface area contributed by atoms with Crippen LogP contribution >= 0.6 is 0 Å². The number of anilines is 2. The molecule has 1 aliphatic carbocycles. The first-order valence-electron chi connectivity index (χ1n) is 10.9. The Morgan fingerprint density at radius 2 is 1.84 bits per heavy atom. The predicted molar refractivity (Wildman–Crippen MR) is 127 cm³/mol. The number of nitrogens with one attached hydrogen (secondary N) is 2. The Kier molecular flexibility index (Phi) is 5.63. The van der Waals surface area contributed by atoms with Crippen LogP contribution in [0.2, 0.25) is 0 Å². The van der Waals surface area contributed by atoms with Crippen molar-refractivity contribution in [2.75, 3.05) is 24.3 Å². The highest BCUT2D eigenvalue weighted by Gasteiger charge is 2.42. The first-order chi connectivity index (χ1) is 15.2. The summed E-state index contributed by atoms with van der Waals surface area (Å²) in [5.74, 6) is -0.0918. The van der Waals surface area contributed by atoms with Crippen molar-refractivity contribution >= 4 is 23.2 Å². The maximum absolute atomic E-state index is 13.5. The van der Waals surface area contributed by atoms with Gasteiger partial charge >= 0.3 is 0 Å². The van der Waals surface area contributed by atoms with Crippen LogP contribution in [-0.4, -0.2) is 30.8 Å². The van der Waals surface area contributed by atoms with Crippen LogP contribution in [0.4, 0.5) is 11.5 Å². The fourth-order valence-electron chi connectivity index (χ4n) is 4.66. The first-order valence-corrected chi connectivity index (χ1v) is 10.9. The van der Waals surface area contributed by atoms with Crippen molar-refractivity contribution in [3.63, 3.8) is 0 Å². The number of amides is 1. The molecule has 1 aliphatic heterocycles. The number of nitrogens with zero attached hydrogens (tertiary/aromatic N) is 2. The molecule has 1 atom stereocenters. The van der Waals surface area contributed by atoms with Crippen LogP contribution in [0.15, 0.2) is 71.2 Å². The summed E-state index contributed by atoms with van der Waals surface area (Å²) in [4.78, 5) is 33.1. The van der Waals surface area contributed by atoms with Crippen molar-refractivity contribution in [2.24, 2.45) is 5.41 Å². The number of allylic oxidation sites excluding steroid dienone is 3. The van der Waals surface area contributed by atoms with Gasteiger partial charge in [-0.1, -0.05) is 32.0 Å². The van der Waals surface area contributed by atoms with E-state index in [1.54, 1.807) is 18.3 Å². The van der Waals surface area contributed by atoms with Gasteiger partial charge in [0.2, 0.25) is 0 Å². The zero-order valence-corrected chi connectivity index (χ0v) is 19.3. The topological polar surface area (TPSA) is 74.3 Å². The quantitative estimate of drug-likeness (QED) is 0.753. The van der Waals surface area contributed by atoms with Crippen LogP contribution < -0.4 is 15.5 Å². The Labute approximate surface area is 189 Å². The van der Waals surface area contributed by atoms with Gasteiger partial charge in [-0.05, 0) is 48.6 Å². The Morgan fingerprint density at radius 1 is 1.12 bits per heavy atom. The van der Waals surface area contributed by atoms with Gasteiger partial charge in [-0.3, -0.25) is 9.59 Å². The lowest BCUT2D eigenvalue weighted by Crippen LogP contribution is -2.39. The molecule has 4 rings (SSSR count). The van der Waals surface area contributed by atoms with Crippen LogP contribution in [0.3, 0.4) is 0 Å². The molecule has 0 bridgehead atoms. The minimum atomic E-state index is -0.422. The SMILES string of the molecule is CC1=C(C(=O)Nc2ccccn2)[C@H](c2ccc(N(C)C)cc2)C2=C(CC(C)(C)CC2=O)N1. The van der Waals surface area contributed by atoms with Gasteiger partial charge in [0.1, 0.15) is 5.82 Å². The van der Waals surface area contributed by atoms with E-state index < -0.39 is 5.92 Å². The van der Waals surface area contributed by atoms with Gasteiger partial charge < -0.3 is 15.5 Å². The highest BCUT2D eigenvalue weighted by molar-refractivity contribution is 6.09. The van der Waals surface area contributed by atoms with E-state index >= 15 is 0 Å². The average molecular weight is 431 g/mol. The van der Waals surface area contributed by atoms with E-state index in [0.717, 1.165) is 29.1 Å². The highest BCUT2D eigenvalue weighted by Crippen LogP contribution is 2.46. The standard InChI is InChI=1S/C26H30N4O2/c1-16-22(25(32)29-21-8-6-7-13-27-21)23(17-9-11-18(12-10-17)30(4)5)24-19(28-16)14-26(2,3)15-20(24)31/h6-13,23,28H,14-15H2,1-5H3,(H,27,29,32)/t23-/m0/s1. The molecule has 2 aromatic rings. The third kappa shape index (κ3) is 4.17. The zero-order valence-electron chi connectivity index (χ0n) is 19.3. The third-order valence-corrected chi connectivity index (χ3v) is 6.13. The molecule has 32 heavy (non-hydrogen) atoms. The van der Waals surface area contributed by atoms with E-state index in [0.29, 0.717) is 23.4 Å². The fourth-order valence-corrected chi connectivity index (χ4v) is 4.66. The summed E-state index contributed by atoms with van der Waals surface area (Å²) >= 11 is 0. The summed E-state index contributed by atoms with van der Waals surface area (Å²) in [7, 11) is 3.98. The summed E-state index contributed by atoms with van der Waals surface area (Å²) in [6, 6.07) is 13.5. The van der Waals surface area contributed by atoms with E-state index in [9.17, 15) is 9.59 Å². The minimum Gasteiger partial charge on any atom is -0.378 e. The lowest BCUT2D eigenvalue weighted by Gasteiger charge is -2.39. The van der Waals surface area contributed by atoms with Gasteiger partial charge in [-0.2, -0.15) is 0 Å². The second-order valence-electron chi connectivity index (χ2n) is 9.58. The largest absolute Gasteiger partial charge is 0.378 e. The average Bonchev–Trinajstić information content (AvgIpc) is 2.72. The Morgan fingerprint density at radius 3 is 2.47 bits per heavy atom. The van der Waals surface area contributed by atoms with E-state index in [-0.39, 0.29) is 17.1 Å². The van der Waals surface area contributed by atoms with Crippen molar-refractivity contribution in [1.82, 2.24) is 10.3 Å². The van der Waals surface area contributed by atoms with Crippen molar-refractivity contribution in [3.05, 3.63) is 76.8 Å². The highest BCUT2D eigenvalue weighted by atomic mass is 16.2. The van der Waals surface area contributed by atoms with E-state index in [4.69, 9.17) is 0 Å². The Balaban J connectivity index is 1.80. The number of rotatable bonds is 4. The van der Waals surface area contributed by atoms with Gasteiger partial charge in [0.15, 0.2) is 5.78 Å². The summed E-state index contributed by atoms with van der Waals surface area (Å²) < 4.78 is 0. The van der Waals surface area contributed by atoms with Crippen LogP contribution in [0, 0.1) is 5.41 Å². The van der Waals surface area contributed by atoms with E-state index in [2.05, 4.69) is 29.5 Å². The lowest BCUT2D eigenvalue weighted by molar-refractivity contribution is -0.118. The summed E-state index contributed by atoms with van der Waals surface area (Å²) in [5, 5.41) is 6.31. The molecule has 0 unspecified atom stereocenters. The number of Topliss-reactive ketones (excluding diaryl/α,β-unsaturated/α-hetero) is 1. The van der Waals surface area contributed by atoms with Crippen LogP contribution in [0.25, 0.3) is 0 Å². The molecule has 6 nitrogen and oxygen atoms in total. The molecule has 2 N–H and O–H groups in total. The normalized spacial score (nSPS) is 19.9. The first kappa shape index (κ1) is 21.8. The van der Waals surface area contributed by atoms with Gasteiger partial charge in [-0.15, -0.1) is 0 Å². The third-order valence-electron chi connectivity index (χ3n) is 6.13. The van der Waals surface area contributed by atoms with Crippen molar-refractivity contribution in [1.29, 1.82) is 0 Å². The fraction of sp³-hybridized carbons (Fsp3) is 0.346. The molecule has 0 radical (unpaired) electrons. The van der Waals surface area contributed by atoms with Gasteiger partial charge in [0.05, 0.1) is 0 Å². The van der Waals surface area contributed by atoms with Crippen LogP contribution in [-0.2, 0) is 9.59 Å². The molecule has 0 saturated heterocycles. The monoisotopic (exact) mass is 430 g/mol. The zero-order chi connectivity index (χ0) is 23.0. The molecular weight excluding hydrogens is 400 g/mol. The molecule has 1 amide bonds. The number of hydrogen-bond donors (Lipinski definition) is 2. The summed E-state index contributed by atoms with van der Waals surface area (Å²) in [6.45, 7) is 6.13. The number of pyridine rings is 1. The van der Waals surface area contributed by atoms with Crippen molar-refractivity contribution in [3.8, 4) is 0 Å². The predicted octanol–water partition coefficient (Wildman–Crippen LogP) is 4.39. The maximum atomic E-state index is 13.5. The molecular formula is C26H30N4O2. The van der Waals surface area contributed by atoms with Crippen LogP contribution in [0.1, 0.15) is 45.1 Å². The van der Waals surface area contributed by atoms with Crippen molar-refractivity contribution in [2.45, 2.75) is 39.5 Å². The molecule has 1 aromatic carbocycles. The minimum absolute atomic E-state index is 0.0982. The molecule has 0 spiro atoms. The van der Waals surface area contributed by atoms with Crippen molar-refractivity contribution < 1.29 is 9.59 Å². The number of benzene rings is 1. The number of aromatic nitrogens is 1. The summed E-state index contributed by atoms with van der Waals surface area (Å²) in [5.41, 5.74) is 4.84. The number of carbonyl (C=O) groups is 2. The van der Waals surface area contributed by atoms with Gasteiger partial charge in [-0.25, -0.2) is 4.98 Å². The molecule has 2 heterocycles. The molecule has 6 heteroatoms. The lowest BCUT2D eigenvalue weighted by atomic mass is 9.68. The number of hydrogen-bond acceptors (Lipinski definition) is 5. The molecule has 1 aromatic heterocycles. The molecule has 0 fully saturated rings. The van der Waals surface area contributed by atoms with E-state index in [1.807, 2.05) is 56.3 Å². The molecule has 0 saturated carbocycles.